The molecule has 1 N–H and O–H groups in total. The summed E-state index contributed by atoms with van der Waals surface area (Å²) >= 11 is 0. The maximum Gasteiger partial charge on any atom is 0.277 e. The highest BCUT2D eigenvalue weighted by atomic mass is 16.2. The lowest BCUT2D eigenvalue weighted by molar-refractivity contribution is 0.0980. The van der Waals surface area contributed by atoms with Gasteiger partial charge < -0.3 is 10.2 Å². The zero-order chi connectivity index (χ0) is 19.5. The van der Waals surface area contributed by atoms with Crippen molar-refractivity contribution in [3.63, 3.8) is 0 Å². The first-order valence-corrected chi connectivity index (χ1v) is 9.69. The molecular weight excluding hydrogens is 348 g/mol. The van der Waals surface area contributed by atoms with Crippen LogP contribution in [-0.2, 0) is 6.42 Å². The van der Waals surface area contributed by atoms with Crippen LogP contribution in [0.4, 0.5) is 11.6 Å². The van der Waals surface area contributed by atoms with Gasteiger partial charge in [-0.2, -0.15) is 0 Å². The lowest BCUT2D eigenvalue weighted by Gasteiger charge is -2.29. The summed E-state index contributed by atoms with van der Waals surface area (Å²) in [5.74, 6) is 0.401. The number of hydrogen-bond donors (Lipinski definition) is 1. The third kappa shape index (κ3) is 3.74. The molecule has 3 aromatic rings. The summed E-state index contributed by atoms with van der Waals surface area (Å²) in [6.45, 7) is 4.66. The van der Waals surface area contributed by atoms with Crippen molar-refractivity contribution in [3.05, 3.63) is 83.2 Å². The number of anilines is 2. The van der Waals surface area contributed by atoms with Crippen molar-refractivity contribution in [2.75, 3.05) is 16.8 Å². The minimum atomic E-state index is -0.0759. The van der Waals surface area contributed by atoms with E-state index in [9.17, 15) is 4.79 Å². The minimum Gasteiger partial charge on any atom is -0.348 e. The monoisotopic (exact) mass is 372 g/mol. The van der Waals surface area contributed by atoms with Crippen molar-refractivity contribution < 1.29 is 4.79 Å². The van der Waals surface area contributed by atoms with E-state index < -0.39 is 0 Å². The summed E-state index contributed by atoms with van der Waals surface area (Å²) in [6.07, 6.45) is 1.97. The molecule has 0 spiro atoms. The molecule has 5 heteroatoms. The Balaban J connectivity index is 1.60. The van der Waals surface area contributed by atoms with Gasteiger partial charge in [-0.05, 0) is 49.9 Å². The quantitative estimate of drug-likeness (QED) is 0.730. The lowest BCUT2D eigenvalue weighted by atomic mass is 10.0. The Morgan fingerprint density at radius 3 is 2.64 bits per heavy atom. The lowest BCUT2D eigenvalue weighted by Crippen LogP contribution is -2.36. The summed E-state index contributed by atoms with van der Waals surface area (Å²) in [5, 5.41) is 3.32. The van der Waals surface area contributed by atoms with E-state index in [-0.39, 0.29) is 11.9 Å². The first-order valence-electron chi connectivity index (χ1n) is 9.69. The molecule has 2 heterocycles. The van der Waals surface area contributed by atoms with Gasteiger partial charge >= 0.3 is 0 Å². The van der Waals surface area contributed by atoms with Crippen molar-refractivity contribution in [1.29, 1.82) is 0 Å². The minimum absolute atomic E-state index is 0.0432. The Morgan fingerprint density at radius 2 is 1.82 bits per heavy atom. The molecule has 0 saturated carbocycles. The Hall–Kier alpha value is -3.21. The standard InChI is InChI=1S/C23H24N4O/c1-16-15-20(22(28)27-14-8-12-19-11-6-7-13-21(19)27)26-23(24-16)25-17(2)18-9-4-3-5-10-18/h3-7,9-11,13,15,17H,8,12,14H2,1-2H3,(H,24,25,26). The van der Waals surface area contributed by atoms with Crippen molar-refractivity contribution in [3.8, 4) is 0 Å². The molecule has 1 atom stereocenters. The first-order chi connectivity index (χ1) is 13.6. The molecule has 1 amide bonds. The fourth-order valence-corrected chi connectivity index (χ4v) is 3.64. The molecule has 1 aliphatic rings. The summed E-state index contributed by atoms with van der Waals surface area (Å²) in [7, 11) is 0. The van der Waals surface area contributed by atoms with E-state index in [0.29, 0.717) is 18.2 Å². The van der Waals surface area contributed by atoms with Gasteiger partial charge in [0.25, 0.3) is 5.91 Å². The van der Waals surface area contributed by atoms with E-state index in [4.69, 9.17) is 0 Å². The number of rotatable bonds is 4. The maximum absolute atomic E-state index is 13.2. The van der Waals surface area contributed by atoms with E-state index in [1.165, 1.54) is 5.56 Å². The number of nitrogens with one attached hydrogen (secondary N) is 1. The average molecular weight is 372 g/mol. The number of fused-ring (bicyclic) bond motifs is 1. The average Bonchev–Trinajstić information content (AvgIpc) is 2.73. The smallest absolute Gasteiger partial charge is 0.277 e. The number of para-hydroxylation sites is 1. The highest BCUT2D eigenvalue weighted by Gasteiger charge is 2.25. The van der Waals surface area contributed by atoms with E-state index in [2.05, 4.69) is 40.4 Å². The molecule has 1 unspecified atom stereocenters. The van der Waals surface area contributed by atoms with E-state index in [0.717, 1.165) is 29.8 Å². The van der Waals surface area contributed by atoms with Gasteiger partial charge in [0.1, 0.15) is 5.69 Å². The van der Waals surface area contributed by atoms with E-state index in [1.807, 2.05) is 48.2 Å². The van der Waals surface area contributed by atoms with Crippen molar-refractivity contribution in [2.45, 2.75) is 32.7 Å². The largest absolute Gasteiger partial charge is 0.348 e. The van der Waals surface area contributed by atoms with Gasteiger partial charge in [0, 0.05) is 17.9 Å². The second-order valence-electron chi connectivity index (χ2n) is 7.18. The number of aryl methyl sites for hydroxylation is 2. The van der Waals surface area contributed by atoms with Crippen LogP contribution in [0.15, 0.2) is 60.7 Å². The van der Waals surface area contributed by atoms with Gasteiger partial charge in [0.2, 0.25) is 5.95 Å². The normalized spacial score (nSPS) is 14.3. The van der Waals surface area contributed by atoms with Gasteiger partial charge in [0.05, 0.1) is 6.04 Å². The number of benzene rings is 2. The Bertz CT molecular complexity index is 987. The number of aromatic nitrogens is 2. The second kappa shape index (κ2) is 7.80. The molecule has 4 rings (SSSR count). The molecule has 5 nitrogen and oxygen atoms in total. The molecule has 0 saturated heterocycles. The third-order valence-electron chi connectivity index (χ3n) is 5.07. The number of nitrogens with zero attached hydrogens (tertiary/aromatic N) is 3. The van der Waals surface area contributed by atoms with E-state index in [1.54, 1.807) is 6.07 Å². The van der Waals surface area contributed by atoms with Crippen molar-refractivity contribution in [1.82, 2.24) is 9.97 Å². The fraction of sp³-hybridized carbons (Fsp3) is 0.261. The highest BCUT2D eigenvalue weighted by molar-refractivity contribution is 6.05. The van der Waals surface area contributed by atoms with Crippen LogP contribution < -0.4 is 10.2 Å². The molecule has 0 radical (unpaired) electrons. The SMILES string of the molecule is Cc1cc(C(=O)N2CCCc3ccccc32)nc(NC(C)c2ccccc2)n1. The molecule has 1 aliphatic heterocycles. The maximum atomic E-state index is 13.2. The molecule has 0 fully saturated rings. The van der Waals surface area contributed by atoms with Gasteiger partial charge in [0.15, 0.2) is 0 Å². The van der Waals surface area contributed by atoms with E-state index >= 15 is 0 Å². The molecule has 2 aromatic carbocycles. The van der Waals surface area contributed by atoms with Crippen LogP contribution in [0.25, 0.3) is 0 Å². The fourth-order valence-electron chi connectivity index (χ4n) is 3.64. The van der Waals surface area contributed by atoms with Crippen LogP contribution in [0.3, 0.4) is 0 Å². The third-order valence-corrected chi connectivity index (χ3v) is 5.07. The topological polar surface area (TPSA) is 58.1 Å². The summed E-state index contributed by atoms with van der Waals surface area (Å²) in [5.41, 5.74) is 4.54. The highest BCUT2D eigenvalue weighted by Crippen LogP contribution is 2.28. The molecular formula is C23H24N4O. The van der Waals surface area contributed by atoms with Gasteiger partial charge in [-0.1, -0.05) is 48.5 Å². The van der Waals surface area contributed by atoms with Gasteiger partial charge in [-0.3, -0.25) is 4.79 Å². The Morgan fingerprint density at radius 1 is 1.07 bits per heavy atom. The second-order valence-corrected chi connectivity index (χ2v) is 7.18. The summed E-state index contributed by atoms with van der Waals surface area (Å²) in [6, 6.07) is 20.0. The summed E-state index contributed by atoms with van der Waals surface area (Å²) < 4.78 is 0. The molecule has 0 bridgehead atoms. The first kappa shape index (κ1) is 18.2. The van der Waals surface area contributed by atoms with Crippen LogP contribution in [0.1, 0.15) is 46.7 Å². The predicted octanol–water partition coefficient (Wildman–Crippen LogP) is 4.55. The zero-order valence-electron chi connectivity index (χ0n) is 16.2. The summed E-state index contributed by atoms with van der Waals surface area (Å²) in [4.78, 5) is 24.1. The van der Waals surface area contributed by atoms with Gasteiger partial charge in [-0.25, -0.2) is 9.97 Å². The zero-order valence-corrected chi connectivity index (χ0v) is 16.2. The number of hydrogen-bond acceptors (Lipinski definition) is 4. The van der Waals surface area contributed by atoms with Crippen LogP contribution in [0.2, 0.25) is 0 Å². The molecule has 1 aromatic heterocycles. The van der Waals surface area contributed by atoms with Crippen LogP contribution >= 0.6 is 0 Å². The van der Waals surface area contributed by atoms with Gasteiger partial charge in [-0.15, -0.1) is 0 Å². The molecule has 0 aliphatic carbocycles. The number of amides is 1. The van der Waals surface area contributed by atoms with Crippen LogP contribution in [-0.4, -0.2) is 22.4 Å². The Kier molecular flexibility index (Phi) is 5.06. The van der Waals surface area contributed by atoms with Crippen LogP contribution in [0, 0.1) is 6.92 Å². The number of carbonyl (C=O) groups excluding carboxylic acids is 1. The molecule has 28 heavy (non-hydrogen) atoms. The predicted molar refractivity (Wildman–Crippen MR) is 112 cm³/mol. The Labute approximate surface area is 165 Å². The number of carbonyl (C=O) groups is 1. The van der Waals surface area contributed by atoms with Crippen LogP contribution in [0.5, 0.6) is 0 Å². The molecule has 142 valence electrons. The van der Waals surface area contributed by atoms with Crippen molar-refractivity contribution >= 4 is 17.5 Å². The van der Waals surface area contributed by atoms with Crippen molar-refractivity contribution in [2.24, 2.45) is 0 Å².